The fraction of sp³-hybridized carbons (Fsp3) is 0.0625. The predicted molar refractivity (Wildman–Crippen MR) is 87.3 cm³/mol. The number of aromatic nitrogens is 1. The van der Waals surface area contributed by atoms with Crippen LogP contribution in [-0.2, 0) is 11.2 Å². The first-order valence-corrected chi connectivity index (χ1v) is 7.51. The van der Waals surface area contributed by atoms with E-state index in [1.807, 2.05) is 6.07 Å². The number of azo groups is 1. The van der Waals surface area contributed by atoms with Crippen LogP contribution in [0.3, 0.4) is 0 Å². The van der Waals surface area contributed by atoms with Crippen molar-refractivity contribution in [1.82, 2.24) is 4.98 Å². The van der Waals surface area contributed by atoms with Gasteiger partial charge in [0.25, 0.3) is 5.91 Å². The van der Waals surface area contributed by atoms with Gasteiger partial charge in [0.2, 0.25) is 5.88 Å². The van der Waals surface area contributed by atoms with Gasteiger partial charge < -0.3 is 10.1 Å². The molecule has 116 valence electrons. The largest absolute Gasteiger partial charge is 0.493 e. The topological polar surface area (TPSA) is 77.8 Å². The molecular weight excluding hydrogens is 365 g/mol. The van der Waals surface area contributed by atoms with Gasteiger partial charge in [-0.2, -0.15) is 0 Å². The van der Waals surface area contributed by atoms with Crippen LogP contribution in [0.5, 0.6) is 5.88 Å². The van der Waals surface area contributed by atoms with Crippen molar-refractivity contribution < 1.29 is 14.3 Å². The molecule has 0 saturated carbocycles. The smallest absolute Gasteiger partial charge is 0.269 e. The summed E-state index contributed by atoms with van der Waals surface area (Å²) in [5.41, 5.74) is 1.53. The Balaban J connectivity index is 1.82. The van der Waals surface area contributed by atoms with Gasteiger partial charge >= 0.3 is 0 Å². The molecule has 0 atom stereocenters. The molecule has 0 aliphatic rings. The van der Waals surface area contributed by atoms with Crippen LogP contribution in [-0.4, -0.2) is 16.0 Å². The van der Waals surface area contributed by atoms with E-state index in [2.05, 4.69) is 31.1 Å². The molecule has 2 aromatic carbocycles. The molecule has 7 heteroatoms. The van der Waals surface area contributed by atoms with Crippen molar-refractivity contribution in [1.29, 1.82) is 0 Å². The average molecular weight is 376 g/mol. The number of benzene rings is 2. The fourth-order valence-electron chi connectivity index (χ4n) is 2.15. The van der Waals surface area contributed by atoms with Gasteiger partial charge in [0, 0.05) is 9.86 Å². The molecule has 1 amide bonds. The summed E-state index contributed by atoms with van der Waals surface area (Å²) in [6, 6.07) is 11.0. The van der Waals surface area contributed by atoms with Crippen LogP contribution in [0.2, 0.25) is 0 Å². The number of nitrogens with one attached hydrogen (secondary N) is 1. The predicted octanol–water partition coefficient (Wildman–Crippen LogP) is 4.63. The molecule has 0 aliphatic heterocycles. The highest BCUT2D eigenvalue weighted by Gasteiger charge is 2.11. The molecule has 0 unspecified atom stereocenters. The highest BCUT2D eigenvalue weighted by molar-refractivity contribution is 9.10. The molecule has 0 radical (unpaired) electrons. The van der Waals surface area contributed by atoms with Crippen molar-refractivity contribution in [3.8, 4) is 5.88 Å². The second-order valence-corrected chi connectivity index (χ2v) is 5.82. The SMILES string of the molecule is O=C(Cc1ccc(F)cc1)N=Nc1c(O)[nH]c2ccc(Br)cc12. The quantitative estimate of drug-likeness (QED) is 0.654. The van der Waals surface area contributed by atoms with Crippen LogP contribution in [0.4, 0.5) is 10.1 Å². The highest BCUT2D eigenvalue weighted by atomic mass is 79.9. The lowest BCUT2D eigenvalue weighted by atomic mass is 10.1. The first-order valence-electron chi connectivity index (χ1n) is 6.72. The molecule has 5 nitrogen and oxygen atoms in total. The summed E-state index contributed by atoms with van der Waals surface area (Å²) >= 11 is 3.34. The Kier molecular flexibility index (Phi) is 4.20. The van der Waals surface area contributed by atoms with E-state index in [1.54, 1.807) is 12.1 Å². The first-order chi connectivity index (χ1) is 11.0. The number of carbonyl (C=O) groups is 1. The Labute approximate surface area is 139 Å². The Hall–Kier alpha value is -2.54. The molecule has 0 spiro atoms. The van der Waals surface area contributed by atoms with Gasteiger partial charge in [-0.25, -0.2) is 4.39 Å². The monoisotopic (exact) mass is 375 g/mol. The zero-order valence-corrected chi connectivity index (χ0v) is 13.3. The number of hydrogen-bond acceptors (Lipinski definition) is 3. The molecule has 2 N–H and O–H groups in total. The Morgan fingerprint density at radius 1 is 1.22 bits per heavy atom. The molecule has 0 saturated heterocycles. The maximum Gasteiger partial charge on any atom is 0.269 e. The second kappa shape index (κ2) is 6.29. The van der Waals surface area contributed by atoms with E-state index in [9.17, 15) is 14.3 Å². The van der Waals surface area contributed by atoms with Crippen molar-refractivity contribution in [2.75, 3.05) is 0 Å². The van der Waals surface area contributed by atoms with E-state index in [-0.39, 0.29) is 23.8 Å². The van der Waals surface area contributed by atoms with Crippen LogP contribution in [0.25, 0.3) is 10.9 Å². The standard InChI is InChI=1S/C16H11BrFN3O2/c17-10-3-6-13-12(8-10)15(16(23)19-13)21-20-14(22)7-9-1-4-11(18)5-2-9/h1-6,8,19,23H,7H2. The maximum atomic E-state index is 12.8. The highest BCUT2D eigenvalue weighted by Crippen LogP contribution is 2.36. The fourth-order valence-corrected chi connectivity index (χ4v) is 2.52. The van der Waals surface area contributed by atoms with Crippen molar-refractivity contribution in [3.63, 3.8) is 0 Å². The minimum atomic E-state index is -0.486. The number of aromatic hydroxyl groups is 1. The number of H-pyrrole nitrogens is 1. The molecule has 1 aromatic heterocycles. The normalized spacial score (nSPS) is 11.4. The Morgan fingerprint density at radius 2 is 1.96 bits per heavy atom. The lowest BCUT2D eigenvalue weighted by molar-refractivity contribution is -0.117. The number of fused-ring (bicyclic) bond motifs is 1. The van der Waals surface area contributed by atoms with Crippen LogP contribution in [0.15, 0.2) is 57.2 Å². The third-order valence-corrected chi connectivity index (χ3v) is 3.74. The molecule has 3 aromatic rings. The minimum absolute atomic E-state index is 0.0105. The van der Waals surface area contributed by atoms with Gasteiger partial charge in [-0.1, -0.05) is 28.1 Å². The summed E-state index contributed by atoms with van der Waals surface area (Å²) in [5, 5.41) is 18.0. The van der Waals surface area contributed by atoms with Crippen molar-refractivity contribution in [2.45, 2.75) is 6.42 Å². The van der Waals surface area contributed by atoms with E-state index >= 15 is 0 Å². The summed E-state index contributed by atoms with van der Waals surface area (Å²) in [6.07, 6.45) is 0.0105. The van der Waals surface area contributed by atoms with Gasteiger partial charge in [0.05, 0.1) is 11.9 Å². The zero-order chi connectivity index (χ0) is 16.4. The molecule has 0 bridgehead atoms. The van der Waals surface area contributed by atoms with Gasteiger partial charge in [-0.05, 0) is 35.9 Å². The average Bonchev–Trinajstić information content (AvgIpc) is 2.82. The Morgan fingerprint density at radius 3 is 2.70 bits per heavy atom. The molecular formula is C16H11BrFN3O2. The Bertz CT molecular complexity index is 904. The lowest BCUT2D eigenvalue weighted by Crippen LogP contribution is -1.97. The molecule has 1 heterocycles. The summed E-state index contributed by atoms with van der Waals surface area (Å²) in [4.78, 5) is 14.6. The summed E-state index contributed by atoms with van der Waals surface area (Å²) in [6.45, 7) is 0. The molecule has 3 rings (SSSR count). The van der Waals surface area contributed by atoms with E-state index in [0.717, 1.165) is 4.47 Å². The zero-order valence-electron chi connectivity index (χ0n) is 11.8. The molecule has 0 aliphatic carbocycles. The van der Waals surface area contributed by atoms with Gasteiger partial charge in [0.1, 0.15) is 5.82 Å². The number of hydrogen-bond donors (Lipinski definition) is 2. The number of rotatable bonds is 3. The number of nitrogens with zero attached hydrogens (tertiary/aromatic N) is 2. The number of carbonyl (C=O) groups excluding carboxylic acids is 1. The van der Waals surface area contributed by atoms with E-state index in [4.69, 9.17) is 0 Å². The number of aromatic amines is 1. The van der Waals surface area contributed by atoms with Gasteiger partial charge in [-0.15, -0.1) is 10.2 Å². The third kappa shape index (κ3) is 3.45. The molecule has 0 fully saturated rings. The summed E-state index contributed by atoms with van der Waals surface area (Å²) in [5.74, 6) is -1.01. The summed E-state index contributed by atoms with van der Waals surface area (Å²) < 4.78 is 13.6. The van der Waals surface area contributed by atoms with Crippen LogP contribution in [0, 0.1) is 5.82 Å². The van der Waals surface area contributed by atoms with Crippen LogP contribution >= 0.6 is 15.9 Å². The van der Waals surface area contributed by atoms with Crippen LogP contribution < -0.4 is 0 Å². The molecule has 23 heavy (non-hydrogen) atoms. The van der Waals surface area contributed by atoms with Crippen LogP contribution in [0.1, 0.15) is 5.56 Å². The van der Waals surface area contributed by atoms with Crippen molar-refractivity contribution >= 4 is 38.4 Å². The van der Waals surface area contributed by atoms with Crippen molar-refractivity contribution in [2.24, 2.45) is 10.2 Å². The van der Waals surface area contributed by atoms with Crippen molar-refractivity contribution in [3.05, 3.63) is 58.3 Å². The second-order valence-electron chi connectivity index (χ2n) is 4.91. The van der Waals surface area contributed by atoms with Gasteiger partial charge in [-0.3, -0.25) is 4.79 Å². The van der Waals surface area contributed by atoms with Gasteiger partial charge in [0.15, 0.2) is 5.69 Å². The van der Waals surface area contributed by atoms with E-state index < -0.39 is 5.91 Å². The lowest BCUT2D eigenvalue weighted by Gasteiger charge is -1.96. The summed E-state index contributed by atoms with van der Waals surface area (Å²) in [7, 11) is 0. The third-order valence-electron chi connectivity index (χ3n) is 3.24. The number of amides is 1. The number of halogens is 2. The van der Waals surface area contributed by atoms with E-state index in [1.165, 1.54) is 24.3 Å². The first kappa shape index (κ1) is 15.4. The van der Waals surface area contributed by atoms with E-state index in [0.29, 0.717) is 16.5 Å². The maximum absolute atomic E-state index is 12.8. The minimum Gasteiger partial charge on any atom is -0.493 e.